The largest absolute Gasteiger partial charge is 0.467 e. The van der Waals surface area contributed by atoms with E-state index in [-0.39, 0.29) is 17.9 Å². The number of nitrogens with one attached hydrogen (secondary N) is 1. The Bertz CT molecular complexity index is 342. The lowest BCUT2D eigenvalue weighted by molar-refractivity contribution is -0.155. The molecule has 5 nitrogen and oxygen atoms in total. The molecule has 0 aromatic rings. The number of esters is 1. The van der Waals surface area contributed by atoms with Crippen LogP contribution in [0.5, 0.6) is 0 Å². The van der Waals surface area contributed by atoms with Gasteiger partial charge in [0.25, 0.3) is 0 Å². The first kappa shape index (κ1) is 15.7. The minimum Gasteiger partial charge on any atom is -0.467 e. The van der Waals surface area contributed by atoms with E-state index in [0.29, 0.717) is 31.8 Å². The molecule has 1 fully saturated rings. The maximum atomic E-state index is 12.4. The van der Waals surface area contributed by atoms with Gasteiger partial charge in [-0.2, -0.15) is 0 Å². The molecule has 0 aromatic heterocycles. The van der Waals surface area contributed by atoms with Crippen LogP contribution in [-0.2, 0) is 14.3 Å². The molecular weight excluding hydrogens is 244 g/mol. The summed E-state index contributed by atoms with van der Waals surface area (Å²) in [5.41, 5.74) is 0. The molecule has 1 amide bonds. The quantitative estimate of drug-likeness (QED) is 0.575. The molecule has 5 heteroatoms. The molecular formula is C14H24N2O3. The second-order valence-electron chi connectivity index (χ2n) is 5.23. The number of nitrogens with zero attached hydrogens (tertiary/aromatic N) is 1. The van der Waals surface area contributed by atoms with Gasteiger partial charge in [0.15, 0.2) is 0 Å². The van der Waals surface area contributed by atoms with Crippen LogP contribution in [-0.4, -0.2) is 49.1 Å². The van der Waals surface area contributed by atoms with Gasteiger partial charge in [-0.3, -0.25) is 4.79 Å². The minimum atomic E-state index is -0.480. The fraction of sp³-hybridized carbons (Fsp3) is 0.714. The Balaban J connectivity index is 2.84. The fourth-order valence-electron chi connectivity index (χ4n) is 2.35. The molecule has 1 aliphatic rings. The summed E-state index contributed by atoms with van der Waals surface area (Å²) in [6.07, 6.45) is 2.92. The second kappa shape index (κ2) is 7.28. The first-order chi connectivity index (χ1) is 9.01. The third kappa shape index (κ3) is 4.06. The van der Waals surface area contributed by atoms with Gasteiger partial charge in [0.05, 0.1) is 13.2 Å². The van der Waals surface area contributed by atoms with Crippen molar-refractivity contribution < 1.29 is 14.3 Å². The Labute approximate surface area is 115 Å². The molecule has 0 radical (unpaired) electrons. The van der Waals surface area contributed by atoms with Crippen molar-refractivity contribution in [3.8, 4) is 0 Å². The van der Waals surface area contributed by atoms with Crippen LogP contribution in [0.1, 0.15) is 26.7 Å². The zero-order valence-electron chi connectivity index (χ0n) is 12.0. The summed E-state index contributed by atoms with van der Waals surface area (Å²) in [5, 5.41) is 3.15. The standard InChI is InChI=1S/C14H24N2O3/c1-5-6-11-13(17)16(8-7-15-11)12(9-10(2)3)14(18)19-4/h5,10-12,15H,1,6-9H2,2-4H3/t11-,12-/m0/s1. The number of hydrogen-bond donors (Lipinski definition) is 1. The number of ether oxygens (including phenoxy) is 1. The highest BCUT2D eigenvalue weighted by atomic mass is 16.5. The summed E-state index contributed by atoms with van der Waals surface area (Å²) >= 11 is 0. The molecule has 0 saturated carbocycles. The van der Waals surface area contributed by atoms with E-state index in [1.54, 1.807) is 11.0 Å². The molecule has 2 atom stereocenters. The van der Waals surface area contributed by atoms with Crippen LogP contribution in [0.4, 0.5) is 0 Å². The van der Waals surface area contributed by atoms with Gasteiger partial charge in [-0.1, -0.05) is 19.9 Å². The molecule has 1 rings (SSSR count). The predicted molar refractivity (Wildman–Crippen MR) is 73.6 cm³/mol. The lowest BCUT2D eigenvalue weighted by atomic mass is 10.00. The zero-order valence-corrected chi connectivity index (χ0v) is 12.0. The van der Waals surface area contributed by atoms with Crippen LogP contribution in [0.25, 0.3) is 0 Å². The molecule has 1 heterocycles. The summed E-state index contributed by atoms with van der Waals surface area (Å²) in [7, 11) is 1.36. The van der Waals surface area contributed by atoms with Crippen molar-refractivity contribution in [2.24, 2.45) is 5.92 Å². The summed E-state index contributed by atoms with van der Waals surface area (Å²) in [6, 6.07) is -0.752. The maximum Gasteiger partial charge on any atom is 0.328 e. The third-order valence-corrected chi connectivity index (χ3v) is 3.27. The molecule has 0 aliphatic carbocycles. The number of carbonyl (C=O) groups excluding carboxylic acids is 2. The highest BCUT2D eigenvalue weighted by molar-refractivity contribution is 5.88. The Morgan fingerprint density at radius 3 is 2.84 bits per heavy atom. The molecule has 0 spiro atoms. The lowest BCUT2D eigenvalue weighted by Gasteiger charge is -2.37. The highest BCUT2D eigenvalue weighted by Gasteiger charge is 2.36. The van der Waals surface area contributed by atoms with E-state index < -0.39 is 6.04 Å². The van der Waals surface area contributed by atoms with E-state index in [4.69, 9.17) is 4.74 Å². The number of amides is 1. The highest BCUT2D eigenvalue weighted by Crippen LogP contribution is 2.17. The average molecular weight is 268 g/mol. The van der Waals surface area contributed by atoms with Crippen molar-refractivity contribution in [2.75, 3.05) is 20.2 Å². The maximum absolute atomic E-state index is 12.4. The zero-order chi connectivity index (χ0) is 14.4. The second-order valence-corrected chi connectivity index (χ2v) is 5.23. The van der Waals surface area contributed by atoms with Gasteiger partial charge < -0.3 is 15.0 Å². The van der Waals surface area contributed by atoms with Crippen LogP contribution in [0.3, 0.4) is 0 Å². The summed E-state index contributed by atoms with van der Waals surface area (Å²) in [5.74, 6) is -0.0480. The number of rotatable bonds is 6. The van der Waals surface area contributed by atoms with Gasteiger partial charge in [0.1, 0.15) is 6.04 Å². The van der Waals surface area contributed by atoms with Crippen molar-refractivity contribution in [1.82, 2.24) is 10.2 Å². The first-order valence-corrected chi connectivity index (χ1v) is 6.73. The van der Waals surface area contributed by atoms with Crippen molar-refractivity contribution in [3.05, 3.63) is 12.7 Å². The average Bonchev–Trinajstić information content (AvgIpc) is 2.38. The van der Waals surface area contributed by atoms with Gasteiger partial charge >= 0.3 is 5.97 Å². The Morgan fingerprint density at radius 1 is 1.63 bits per heavy atom. The Hall–Kier alpha value is -1.36. The monoisotopic (exact) mass is 268 g/mol. The van der Waals surface area contributed by atoms with Crippen LogP contribution in [0, 0.1) is 5.92 Å². The molecule has 1 N–H and O–H groups in total. The molecule has 1 saturated heterocycles. The molecule has 108 valence electrons. The minimum absolute atomic E-state index is 0.0396. The molecule has 0 bridgehead atoms. The van der Waals surface area contributed by atoms with E-state index >= 15 is 0 Å². The van der Waals surface area contributed by atoms with Gasteiger partial charge in [-0.25, -0.2) is 4.79 Å². The van der Waals surface area contributed by atoms with Gasteiger partial charge in [0.2, 0.25) is 5.91 Å². The molecule has 0 unspecified atom stereocenters. The van der Waals surface area contributed by atoms with Crippen molar-refractivity contribution in [2.45, 2.75) is 38.8 Å². The van der Waals surface area contributed by atoms with Crippen LogP contribution in [0.15, 0.2) is 12.7 Å². The van der Waals surface area contributed by atoms with Crippen LogP contribution in [0.2, 0.25) is 0 Å². The number of methoxy groups -OCH3 is 1. The summed E-state index contributed by atoms with van der Waals surface area (Å²) in [4.78, 5) is 25.9. The van der Waals surface area contributed by atoms with Crippen molar-refractivity contribution in [3.63, 3.8) is 0 Å². The SMILES string of the molecule is C=CC[C@@H]1NCCN([C@@H](CC(C)C)C(=O)OC)C1=O. The van der Waals surface area contributed by atoms with Crippen molar-refractivity contribution >= 4 is 11.9 Å². The Morgan fingerprint density at radius 2 is 2.32 bits per heavy atom. The number of piperazine rings is 1. The fourth-order valence-corrected chi connectivity index (χ4v) is 2.35. The van der Waals surface area contributed by atoms with E-state index in [0.717, 1.165) is 0 Å². The van der Waals surface area contributed by atoms with Crippen molar-refractivity contribution in [1.29, 1.82) is 0 Å². The molecule has 19 heavy (non-hydrogen) atoms. The van der Waals surface area contributed by atoms with E-state index in [1.165, 1.54) is 7.11 Å². The van der Waals surface area contributed by atoms with Gasteiger partial charge in [-0.05, 0) is 18.8 Å². The van der Waals surface area contributed by atoms with E-state index in [2.05, 4.69) is 11.9 Å². The third-order valence-electron chi connectivity index (χ3n) is 3.27. The lowest BCUT2D eigenvalue weighted by Crippen LogP contribution is -2.59. The van der Waals surface area contributed by atoms with Crippen LogP contribution < -0.4 is 5.32 Å². The van der Waals surface area contributed by atoms with E-state index in [1.807, 2.05) is 13.8 Å². The number of carbonyl (C=O) groups is 2. The molecule has 0 aromatic carbocycles. The van der Waals surface area contributed by atoms with E-state index in [9.17, 15) is 9.59 Å². The number of hydrogen-bond acceptors (Lipinski definition) is 4. The van der Waals surface area contributed by atoms with Gasteiger partial charge in [0, 0.05) is 13.1 Å². The first-order valence-electron chi connectivity index (χ1n) is 6.73. The predicted octanol–water partition coefficient (Wildman–Crippen LogP) is 0.951. The normalized spacial score (nSPS) is 21.4. The smallest absolute Gasteiger partial charge is 0.328 e. The van der Waals surface area contributed by atoms with Crippen LogP contribution >= 0.6 is 0 Å². The topological polar surface area (TPSA) is 58.6 Å². The summed E-state index contributed by atoms with van der Waals surface area (Å²) in [6.45, 7) is 8.95. The van der Waals surface area contributed by atoms with Gasteiger partial charge in [-0.15, -0.1) is 6.58 Å². The summed E-state index contributed by atoms with van der Waals surface area (Å²) < 4.78 is 4.84. The molecule has 1 aliphatic heterocycles. The Kier molecular flexibility index (Phi) is 6.02.